The normalized spacial score (nSPS) is 22.3. The Hall–Kier alpha value is -1.73. The molecule has 0 spiro atoms. The third kappa shape index (κ3) is 3.83. The third-order valence-electron chi connectivity index (χ3n) is 5.78. The molecule has 2 aromatic rings. The minimum atomic E-state index is 0.446. The highest BCUT2D eigenvalue weighted by atomic mass is 16.5. The first-order valence-corrected chi connectivity index (χ1v) is 10.00. The van der Waals surface area contributed by atoms with Crippen LogP contribution in [0.2, 0.25) is 0 Å². The van der Waals surface area contributed by atoms with E-state index >= 15 is 0 Å². The summed E-state index contributed by atoms with van der Waals surface area (Å²) in [5, 5.41) is 13.2. The Balaban J connectivity index is 1.40. The summed E-state index contributed by atoms with van der Waals surface area (Å²) in [7, 11) is 2.13. The van der Waals surface area contributed by atoms with E-state index in [4.69, 9.17) is 4.52 Å². The summed E-state index contributed by atoms with van der Waals surface area (Å²) in [6.45, 7) is 8.37. The van der Waals surface area contributed by atoms with Gasteiger partial charge in [-0.05, 0) is 51.7 Å². The van der Waals surface area contributed by atoms with Crippen LogP contribution in [-0.2, 0) is 26.6 Å². The van der Waals surface area contributed by atoms with Gasteiger partial charge in [-0.2, -0.15) is 0 Å². The highest BCUT2D eigenvalue weighted by molar-refractivity contribution is 5.07. The number of hydrogen-bond donors (Lipinski definition) is 0. The lowest BCUT2D eigenvalue weighted by molar-refractivity contribution is 0.176. The van der Waals surface area contributed by atoms with Crippen LogP contribution in [0.3, 0.4) is 0 Å². The van der Waals surface area contributed by atoms with Gasteiger partial charge in [-0.25, -0.2) is 0 Å². The average molecular weight is 358 g/mol. The molecule has 0 N–H and O–H groups in total. The summed E-state index contributed by atoms with van der Waals surface area (Å²) in [5.41, 5.74) is 1.04. The van der Waals surface area contributed by atoms with Gasteiger partial charge in [0.2, 0.25) is 0 Å². The highest BCUT2D eigenvalue weighted by Crippen LogP contribution is 2.27. The first-order valence-electron chi connectivity index (χ1n) is 10.00. The zero-order chi connectivity index (χ0) is 17.9. The predicted molar refractivity (Wildman–Crippen MR) is 98.6 cm³/mol. The van der Waals surface area contributed by atoms with Crippen molar-refractivity contribution in [3.63, 3.8) is 0 Å². The van der Waals surface area contributed by atoms with Crippen LogP contribution >= 0.6 is 0 Å². The first-order chi connectivity index (χ1) is 12.7. The van der Waals surface area contributed by atoms with Gasteiger partial charge in [-0.15, -0.1) is 10.2 Å². The topological polar surface area (TPSA) is 63.2 Å². The molecular formula is C19H30N6O. The van der Waals surface area contributed by atoms with Crippen molar-refractivity contribution in [2.45, 2.75) is 58.0 Å². The second-order valence-corrected chi connectivity index (χ2v) is 7.73. The van der Waals surface area contributed by atoms with Gasteiger partial charge in [0.1, 0.15) is 11.6 Å². The zero-order valence-electron chi connectivity index (χ0n) is 16.0. The maximum Gasteiger partial charge on any atom is 0.150 e. The lowest BCUT2D eigenvalue weighted by atomic mass is 9.97. The summed E-state index contributed by atoms with van der Waals surface area (Å²) >= 11 is 0. The van der Waals surface area contributed by atoms with Crippen molar-refractivity contribution in [2.75, 3.05) is 26.2 Å². The number of aryl methyl sites for hydroxylation is 1. The van der Waals surface area contributed by atoms with Crippen LogP contribution in [0.4, 0.5) is 0 Å². The molecule has 1 unspecified atom stereocenters. The van der Waals surface area contributed by atoms with Crippen LogP contribution < -0.4 is 0 Å². The number of likely N-dealkylation sites (tertiary alicyclic amines) is 2. The molecule has 26 heavy (non-hydrogen) atoms. The maximum absolute atomic E-state index is 5.47. The largest absolute Gasteiger partial charge is 0.360 e. The third-order valence-corrected chi connectivity index (χ3v) is 5.78. The fourth-order valence-electron chi connectivity index (χ4n) is 4.24. The van der Waals surface area contributed by atoms with Crippen LogP contribution in [0, 0.1) is 0 Å². The van der Waals surface area contributed by atoms with Gasteiger partial charge >= 0.3 is 0 Å². The molecule has 7 heteroatoms. The number of hydrogen-bond acceptors (Lipinski definition) is 6. The van der Waals surface area contributed by atoms with Gasteiger partial charge < -0.3 is 9.09 Å². The molecule has 2 fully saturated rings. The monoisotopic (exact) mass is 358 g/mol. The van der Waals surface area contributed by atoms with Crippen LogP contribution in [0.1, 0.15) is 61.6 Å². The first kappa shape index (κ1) is 17.7. The van der Waals surface area contributed by atoms with Gasteiger partial charge in [0.15, 0.2) is 5.76 Å². The lowest BCUT2D eigenvalue weighted by Crippen LogP contribution is -2.34. The van der Waals surface area contributed by atoms with E-state index in [0.717, 1.165) is 55.7 Å². The lowest BCUT2D eigenvalue weighted by Gasteiger charge is -2.31. The van der Waals surface area contributed by atoms with Crippen molar-refractivity contribution in [3.05, 3.63) is 29.2 Å². The maximum atomic E-state index is 5.47. The molecular weight excluding hydrogens is 328 g/mol. The molecule has 4 heterocycles. The van der Waals surface area contributed by atoms with E-state index < -0.39 is 0 Å². The molecule has 2 aliphatic rings. The Labute approximate surface area is 155 Å². The van der Waals surface area contributed by atoms with E-state index in [2.05, 4.69) is 49.8 Å². The van der Waals surface area contributed by atoms with Crippen molar-refractivity contribution in [1.29, 1.82) is 0 Å². The standard InChI is InChI=1S/C19H30N6O/c1-3-16-11-17(26-22-16)13-25-10-6-7-15(12-25)19-21-20-18(23(19)2)14-24-8-4-5-9-24/h11,15H,3-10,12-14H2,1-2H3. The zero-order valence-corrected chi connectivity index (χ0v) is 16.0. The minimum Gasteiger partial charge on any atom is -0.360 e. The number of piperidine rings is 1. The van der Waals surface area contributed by atoms with Gasteiger partial charge in [0.05, 0.1) is 18.8 Å². The van der Waals surface area contributed by atoms with Crippen molar-refractivity contribution < 1.29 is 4.52 Å². The Morgan fingerprint density at radius 3 is 2.65 bits per heavy atom. The molecule has 142 valence electrons. The Bertz CT molecular complexity index is 717. The van der Waals surface area contributed by atoms with Crippen LogP contribution in [0.25, 0.3) is 0 Å². The fourth-order valence-corrected chi connectivity index (χ4v) is 4.24. The molecule has 0 bridgehead atoms. The highest BCUT2D eigenvalue weighted by Gasteiger charge is 2.27. The molecule has 2 aromatic heterocycles. The van der Waals surface area contributed by atoms with E-state index in [-0.39, 0.29) is 0 Å². The Kier molecular flexibility index (Phi) is 5.36. The predicted octanol–water partition coefficient (Wildman–Crippen LogP) is 2.34. The van der Waals surface area contributed by atoms with E-state index in [1.54, 1.807) is 0 Å². The van der Waals surface area contributed by atoms with Crippen molar-refractivity contribution in [1.82, 2.24) is 29.7 Å². The van der Waals surface area contributed by atoms with Crippen LogP contribution in [0.15, 0.2) is 10.6 Å². The van der Waals surface area contributed by atoms with Crippen LogP contribution in [0.5, 0.6) is 0 Å². The summed E-state index contributed by atoms with van der Waals surface area (Å²) in [5.74, 6) is 3.65. The molecule has 0 aliphatic carbocycles. The smallest absolute Gasteiger partial charge is 0.150 e. The van der Waals surface area contributed by atoms with E-state index in [1.807, 2.05) is 0 Å². The minimum absolute atomic E-state index is 0.446. The number of nitrogens with zero attached hydrogens (tertiary/aromatic N) is 6. The fraction of sp³-hybridized carbons (Fsp3) is 0.737. The molecule has 2 aliphatic heterocycles. The molecule has 2 saturated heterocycles. The Morgan fingerprint density at radius 1 is 1.08 bits per heavy atom. The molecule has 0 amide bonds. The molecule has 4 rings (SSSR count). The van der Waals surface area contributed by atoms with Crippen molar-refractivity contribution in [3.8, 4) is 0 Å². The second-order valence-electron chi connectivity index (χ2n) is 7.73. The van der Waals surface area contributed by atoms with E-state index in [0.29, 0.717) is 5.92 Å². The Morgan fingerprint density at radius 2 is 1.88 bits per heavy atom. The summed E-state index contributed by atoms with van der Waals surface area (Å²) in [6.07, 6.45) is 5.91. The van der Waals surface area contributed by atoms with E-state index in [1.165, 1.54) is 38.8 Å². The molecule has 0 aromatic carbocycles. The van der Waals surface area contributed by atoms with Gasteiger partial charge in [0, 0.05) is 25.6 Å². The van der Waals surface area contributed by atoms with Gasteiger partial charge in [0.25, 0.3) is 0 Å². The van der Waals surface area contributed by atoms with Crippen LogP contribution in [-0.4, -0.2) is 55.9 Å². The summed E-state index contributed by atoms with van der Waals surface area (Å²) < 4.78 is 7.70. The SMILES string of the molecule is CCc1cc(CN2CCCC(c3nnc(CN4CCCC4)n3C)C2)on1. The summed E-state index contributed by atoms with van der Waals surface area (Å²) in [6, 6.07) is 2.08. The van der Waals surface area contributed by atoms with Crippen molar-refractivity contribution >= 4 is 0 Å². The second kappa shape index (κ2) is 7.88. The number of rotatable bonds is 6. The van der Waals surface area contributed by atoms with E-state index in [9.17, 15) is 0 Å². The molecule has 0 radical (unpaired) electrons. The molecule has 7 nitrogen and oxygen atoms in total. The van der Waals surface area contributed by atoms with Crippen molar-refractivity contribution in [2.24, 2.45) is 7.05 Å². The number of aromatic nitrogens is 4. The quantitative estimate of drug-likeness (QED) is 0.790. The summed E-state index contributed by atoms with van der Waals surface area (Å²) in [4.78, 5) is 4.94. The van der Waals surface area contributed by atoms with Gasteiger partial charge in [-0.1, -0.05) is 12.1 Å². The average Bonchev–Trinajstić information content (AvgIpc) is 3.39. The van der Waals surface area contributed by atoms with Gasteiger partial charge in [-0.3, -0.25) is 9.80 Å². The molecule has 0 saturated carbocycles. The molecule has 1 atom stereocenters.